The third-order valence-electron chi connectivity index (χ3n) is 2.71. The molecule has 2 rings (SSSR count). The Labute approximate surface area is 124 Å². The number of rotatable bonds is 5. The van der Waals surface area contributed by atoms with Crippen molar-refractivity contribution in [1.82, 2.24) is 5.48 Å². The number of para-hydroxylation sites is 1. The maximum atomic E-state index is 11.8. The van der Waals surface area contributed by atoms with Gasteiger partial charge in [0, 0.05) is 17.7 Å². The van der Waals surface area contributed by atoms with Gasteiger partial charge >= 0.3 is 5.97 Å². The first-order valence-corrected chi connectivity index (χ1v) is 6.03. The van der Waals surface area contributed by atoms with E-state index in [4.69, 9.17) is 9.94 Å². The van der Waals surface area contributed by atoms with Crippen molar-refractivity contribution >= 4 is 17.6 Å². The summed E-state index contributed by atoms with van der Waals surface area (Å²) in [5.41, 5.74) is 1.97. The van der Waals surface area contributed by atoms with Gasteiger partial charge < -0.3 is 9.94 Å². The molecular weight excluding hydrogens is 292 g/mol. The number of hydrogen-bond donors (Lipinski definition) is 2. The highest BCUT2D eigenvalue weighted by molar-refractivity contribution is 5.94. The van der Waals surface area contributed by atoms with Crippen molar-refractivity contribution in [3.8, 4) is 5.75 Å². The van der Waals surface area contributed by atoms with Crippen molar-refractivity contribution in [2.24, 2.45) is 0 Å². The quantitative estimate of drug-likeness (QED) is 0.644. The predicted molar refractivity (Wildman–Crippen MR) is 74.6 cm³/mol. The van der Waals surface area contributed by atoms with Gasteiger partial charge in [0.05, 0.1) is 4.92 Å². The zero-order valence-corrected chi connectivity index (χ0v) is 11.1. The van der Waals surface area contributed by atoms with E-state index < -0.39 is 16.8 Å². The number of aromatic carboxylic acids is 1. The fourth-order valence-corrected chi connectivity index (χ4v) is 1.63. The molecule has 0 saturated heterocycles. The minimum absolute atomic E-state index is 0.0229. The number of amides is 1. The number of hydrogen-bond acceptors (Lipinski definition) is 5. The highest BCUT2D eigenvalue weighted by atomic mass is 16.7. The van der Waals surface area contributed by atoms with Gasteiger partial charge in [-0.2, -0.15) is 5.48 Å². The Bertz CT molecular complexity index is 726. The Hall–Kier alpha value is -3.42. The minimum Gasteiger partial charge on any atom is -0.478 e. The predicted octanol–water partition coefficient (Wildman–Crippen LogP) is 2.02. The fourth-order valence-electron chi connectivity index (χ4n) is 1.63. The van der Waals surface area contributed by atoms with Gasteiger partial charge in [0.2, 0.25) is 0 Å². The Morgan fingerprint density at radius 3 is 2.32 bits per heavy atom. The van der Waals surface area contributed by atoms with Gasteiger partial charge in [-0.25, -0.2) is 4.79 Å². The number of nitro groups is 1. The van der Waals surface area contributed by atoms with Crippen molar-refractivity contribution in [2.75, 3.05) is 0 Å². The summed E-state index contributed by atoms with van der Waals surface area (Å²) in [4.78, 5) is 37.7. The van der Waals surface area contributed by atoms with Crippen LogP contribution < -0.4 is 10.3 Å². The van der Waals surface area contributed by atoms with Gasteiger partial charge in [-0.1, -0.05) is 12.1 Å². The minimum atomic E-state index is -1.19. The summed E-state index contributed by atoms with van der Waals surface area (Å²) in [7, 11) is 0. The molecule has 0 aliphatic carbocycles. The molecule has 2 N–H and O–H groups in total. The van der Waals surface area contributed by atoms with E-state index in [0.717, 1.165) is 0 Å². The van der Waals surface area contributed by atoms with Crippen molar-refractivity contribution in [1.29, 1.82) is 0 Å². The molecule has 0 unspecified atom stereocenters. The molecule has 1 amide bonds. The molecule has 2 aromatic carbocycles. The van der Waals surface area contributed by atoms with E-state index in [0.29, 0.717) is 0 Å². The second-order valence-electron chi connectivity index (χ2n) is 4.14. The Morgan fingerprint density at radius 2 is 1.73 bits per heavy atom. The van der Waals surface area contributed by atoms with Crippen LogP contribution in [0.2, 0.25) is 0 Å². The summed E-state index contributed by atoms with van der Waals surface area (Å²) < 4.78 is 0. The van der Waals surface area contributed by atoms with Gasteiger partial charge in [0.25, 0.3) is 11.6 Å². The lowest BCUT2D eigenvalue weighted by Gasteiger charge is -2.09. The second kappa shape index (κ2) is 6.35. The monoisotopic (exact) mass is 302 g/mol. The van der Waals surface area contributed by atoms with Gasteiger partial charge in [-0.3, -0.25) is 14.9 Å². The van der Waals surface area contributed by atoms with Crippen molar-refractivity contribution in [3.05, 3.63) is 69.8 Å². The first-order valence-electron chi connectivity index (χ1n) is 6.03. The van der Waals surface area contributed by atoms with Crippen LogP contribution >= 0.6 is 0 Å². The number of carbonyl (C=O) groups excluding carboxylic acids is 1. The van der Waals surface area contributed by atoms with Crippen LogP contribution in [0, 0.1) is 10.1 Å². The number of nitro benzene ring substituents is 1. The lowest BCUT2D eigenvalue weighted by atomic mass is 10.2. The van der Waals surface area contributed by atoms with E-state index >= 15 is 0 Å². The lowest BCUT2D eigenvalue weighted by molar-refractivity contribution is -0.384. The van der Waals surface area contributed by atoms with E-state index in [1.807, 2.05) is 0 Å². The number of carboxylic acids is 1. The third kappa shape index (κ3) is 3.37. The van der Waals surface area contributed by atoms with Crippen molar-refractivity contribution in [2.45, 2.75) is 0 Å². The smallest absolute Gasteiger partial charge is 0.339 e. The molecular formula is C14H10N2O6. The standard InChI is InChI=1S/C14H10N2O6/c17-13(9-5-7-10(8-6-9)16(20)21)15-22-12-4-2-1-3-11(12)14(18)19/h1-8H,(H,15,17)(H,18,19). The summed E-state index contributed by atoms with van der Waals surface area (Å²) >= 11 is 0. The number of benzene rings is 2. The third-order valence-corrected chi connectivity index (χ3v) is 2.71. The number of hydroxylamine groups is 1. The first kappa shape index (κ1) is 15.0. The van der Waals surface area contributed by atoms with E-state index in [2.05, 4.69) is 5.48 Å². The Balaban J connectivity index is 2.07. The van der Waals surface area contributed by atoms with E-state index in [9.17, 15) is 19.7 Å². The van der Waals surface area contributed by atoms with Crippen LogP contribution in [-0.2, 0) is 0 Å². The molecule has 2 aromatic rings. The molecule has 0 saturated carbocycles. The van der Waals surface area contributed by atoms with Crippen LogP contribution in [0.4, 0.5) is 5.69 Å². The zero-order valence-electron chi connectivity index (χ0n) is 11.1. The molecule has 0 bridgehead atoms. The second-order valence-corrected chi connectivity index (χ2v) is 4.14. The van der Waals surface area contributed by atoms with Crippen LogP contribution in [0.3, 0.4) is 0 Å². The molecule has 0 spiro atoms. The normalized spacial score (nSPS) is 9.82. The molecule has 0 aliphatic rings. The lowest BCUT2D eigenvalue weighted by Crippen LogP contribution is -2.27. The van der Waals surface area contributed by atoms with Crippen LogP contribution in [0.1, 0.15) is 20.7 Å². The molecule has 0 heterocycles. The molecule has 22 heavy (non-hydrogen) atoms. The number of nitrogens with zero attached hydrogens (tertiary/aromatic N) is 1. The van der Waals surface area contributed by atoms with Gasteiger partial charge in [-0.05, 0) is 24.3 Å². The van der Waals surface area contributed by atoms with E-state index in [-0.39, 0.29) is 22.6 Å². The summed E-state index contributed by atoms with van der Waals surface area (Å²) in [5.74, 6) is -1.87. The van der Waals surface area contributed by atoms with Gasteiger partial charge in [0.1, 0.15) is 5.56 Å². The van der Waals surface area contributed by atoms with Gasteiger partial charge in [0.15, 0.2) is 5.75 Å². The molecule has 8 nitrogen and oxygen atoms in total. The van der Waals surface area contributed by atoms with Crippen molar-refractivity contribution in [3.63, 3.8) is 0 Å². The summed E-state index contributed by atoms with van der Waals surface area (Å²) in [6.07, 6.45) is 0. The Kier molecular flexibility index (Phi) is 4.33. The molecule has 0 radical (unpaired) electrons. The maximum absolute atomic E-state index is 11.8. The van der Waals surface area contributed by atoms with Crippen molar-refractivity contribution < 1.29 is 24.5 Å². The average molecular weight is 302 g/mol. The SMILES string of the molecule is O=C(NOc1ccccc1C(=O)O)c1ccc([N+](=O)[O-])cc1. The number of carbonyl (C=O) groups is 2. The topological polar surface area (TPSA) is 119 Å². The molecule has 0 aromatic heterocycles. The highest BCUT2D eigenvalue weighted by Gasteiger charge is 2.13. The molecule has 112 valence electrons. The number of non-ortho nitro benzene ring substituents is 1. The molecule has 0 fully saturated rings. The molecule has 8 heteroatoms. The first-order chi connectivity index (χ1) is 10.5. The molecule has 0 aliphatic heterocycles. The van der Waals surface area contributed by atoms with E-state index in [1.54, 1.807) is 6.07 Å². The maximum Gasteiger partial charge on any atom is 0.339 e. The average Bonchev–Trinajstić information content (AvgIpc) is 2.52. The largest absolute Gasteiger partial charge is 0.478 e. The van der Waals surface area contributed by atoms with Gasteiger partial charge in [-0.15, -0.1) is 0 Å². The number of carboxylic acid groups (broad SMARTS) is 1. The summed E-state index contributed by atoms with van der Waals surface area (Å²) in [6, 6.07) is 10.7. The Morgan fingerprint density at radius 1 is 1.09 bits per heavy atom. The van der Waals surface area contributed by atoms with Crippen LogP contribution in [0.15, 0.2) is 48.5 Å². The fraction of sp³-hybridized carbons (Fsp3) is 0. The van der Waals surface area contributed by atoms with Crippen LogP contribution in [0.5, 0.6) is 5.75 Å². The van der Waals surface area contributed by atoms with E-state index in [1.165, 1.54) is 42.5 Å². The summed E-state index contributed by atoms with van der Waals surface area (Å²) in [5, 5.41) is 19.5. The van der Waals surface area contributed by atoms with Crippen LogP contribution in [-0.4, -0.2) is 21.9 Å². The van der Waals surface area contributed by atoms with Crippen LogP contribution in [0.25, 0.3) is 0 Å². The summed E-state index contributed by atoms with van der Waals surface area (Å²) in [6.45, 7) is 0. The zero-order chi connectivity index (χ0) is 16.1. The number of nitrogens with one attached hydrogen (secondary N) is 1. The molecule has 0 atom stereocenters. The highest BCUT2D eigenvalue weighted by Crippen LogP contribution is 2.17.